The predicted molar refractivity (Wildman–Crippen MR) is 67.7 cm³/mol. The van der Waals surface area contributed by atoms with Crippen LogP contribution in [0.15, 0.2) is 0 Å². The zero-order valence-electron chi connectivity index (χ0n) is 7.36. The van der Waals surface area contributed by atoms with E-state index in [9.17, 15) is 9.59 Å². The summed E-state index contributed by atoms with van der Waals surface area (Å²) in [5.74, 6) is -0.581. The van der Waals surface area contributed by atoms with Crippen LogP contribution in [0.4, 0.5) is 0 Å². The van der Waals surface area contributed by atoms with Crippen molar-refractivity contribution in [2.45, 2.75) is 14.9 Å². The Morgan fingerprint density at radius 3 is 1.13 bits per heavy atom. The van der Waals surface area contributed by atoms with Crippen LogP contribution in [0.1, 0.15) is 14.9 Å². The standard InChI is InChI=1S/2C3H6O2S.2CH4.Sn/c2*1-5-3(4)2-6;;;/h2*6H,2H2,1H3;2*1H4;/q;;;;+2/p-2. The molecule has 15 heavy (non-hydrogen) atoms. The second kappa shape index (κ2) is 23.9. The maximum atomic E-state index is 9.85. The maximum Gasteiger partial charge on any atom is 2.00 e. The SMILES string of the molecule is C.C.COC(=O)C[S-].COC(=O)C[S-].[Sn+2]. The Hall–Kier alpha value is 0.439. The van der Waals surface area contributed by atoms with Crippen LogP contribution in [-0.2, 0) is 44.3 Å². The van der Waals surface area contributed by atoms with Crippen LogP contribution < -0.4 is 0 Å². The molecule has 0 aromatic rings. The Kier molecular flexibility index (Phi) is 47.1. The molecule has 0 N–H and O–H groups in total. The Morgan fingerprint density at radius 1 is 0.933 bits per heavy atom. The molecule has 0 bridgehead atoms. The topological polar surface area (TPSA) is 52.6 Å². The summed E-state index contributed by atoms with van der Waals surface area (Å²) in [6.45, 7) is 0. The zero-order valence-corrected chi connectivity index (χ0v) is 11.9. The van der Waals surface area contributed by atoms with Gasteiger partial charge in [0.1, 0.15) is 0 Å². The van der Waals surface area contributed by atoms with E-state index >= 15 is 0 Å². The number of hydrogen-bond acceptors (Lipinski definition) is 6. The molecule has 0 saturated heterocycles. The zero-order chi connectivity index (χ0) is 9.98. The minimum absolute atomic E-state index is 0. The molecule has 0 atom stereocenters. The van der Waals surface area contributed by atoms with Gasteiger partial charge in [0.2, 0.25) is 0 Å². The second-order valence-electron chi connectivity index (χ2n) is 1.44. The monoisotopic (exact) mass is 362 g/mol. The summed E-state index contributed by atoms with van der Waals surface area (Å²) >= 11 is 8.60. The minimum atomic E-state index is -0.343. The van der Waals surface area contributed by atoms with Crippen LogP contribution in [0.3, 0.4) is 0 Å². The molecule has 0 amide bonds. The van der Waals surface area contributed by atoms with E-state index in [0.717, 1.165) is 0 Å². The molecule has 0 fully saturated rings. The third kappa shape index (κ3) is 31.4. The molecular weight excluding hydrogens is 343 g/mol. The van der Waals surface area contributed by atoms with Crippen molar-refractivity contribution in [3.63, 3.8) is 0 Å². The summed E-state index contributed by atoms with van der Waals surface area (Å²) in [6.07, 6.45) is 0. The Morgan fingerprint density at radius 2 is 1.13 bits per heavy atom. The van der Waals surface area contributed by atoms with Crippen molar-refractivity contribution in [3.05, 3.63) is 0 Å². The number of carbonyl (C=O) groups is 2. The van der Waals surface area contributed by atoms with Crippen molar-refractivity contribution in [2.75, 3.05) is 25.7 Å². The number of esters is 2. The third-order valence-electron chi connectivity index (χ3n) is 0.691. The number of rotatable bonds is 2. The average molecular weight is 361 g/mol. The van der Waals surface area contributed by atoms with Gasteiger partial charge in [-0.1, -0.05) is 26.4 Å². The smallest absolute Gasteiger partial charge is 0.782 e. The molecule has 0 heterocycles. The van der Waals surface area contributed by atoms with Crippen molar-refractivity contribution in [2.24, 2.45) is 0 Å². The molecule has 90 valence electrons. The van der Waals surface area contributed by atoms with E-state index in [4.69, 9.17) is 0 Å². The van der Waals surface area contributed by atoms with Crippen molar-refractivity contribution >= 4 is 61.1 Å². The van der Waals surface area contributed by atoms with Crippen molar-refractivity contribution in [1.82, 2.24) is 0 Å². The Balaban J connectivity index is -0.0000000370. The molecule has 0 aromatic heterocycles. The fourth-order valence-electron chi connectivity index (χ4n) is 0.118. The van der Waals surface area contributed by atoms with Gasteiger partial charge in [-0.05, 0) is 0 Å². The Bertz CT molecular complexity index is 117. The number of carbonyl (C=O) groups excluding carboxylic acids is 2. The van der Waals surface area contributed by atoms with E-state index in [2.05, 4.69) is 34.7 Å². The van der Waals surface area contributed by atoms with Gasteiger partial charge in [-0.3, -0.25) is 9.59 Å². The summed E-state index contributed by atoms with van der Waals surface area (Å²) in [5, 5.41) is 0. The first-order valence-electron chi connectivity index (χ1n) is 2.92. The van der Waals surface area contributed by atoms with E-state index < -0.39 is 0 Å². The van der Waals surface area contributed by atoms with Crippen LogP contribution in [0, 0.1) is 0 Å². The second-order valence-corrected chi connectivity index (χ2v) is 2.02. The van der Waals surface area contributed by atoms with Crippen LogP contribution >= 0.6 is 0 Å². The molecule has 7 heteroatoms. The normalized spacial score (nSPS) is 6.13. The summed E-state index contributed by atoms with van der Waals surface area (Å²) in [6, 6.07) is 0. The van der Waals surface area contributed by atoms with Gasteiger partial charge in [-0.15, -0.1) is 0 Å². The van der Waals surface area contributed by atoms with E-state index in [1.54, 1.807) is 0 Å². The Labute approximate surface area is 120 Å². The molecule has 0 aliphatic carbocycles. The van der Waals surface area contributed by atoms with E-state index in [1.807, 2.05) is 0 Å². The fraction of sp³-hybridized carbons (Fsp3) is 0.750. The summed E-state index contributed by atoms with van der Waals surface area (Å²) in [7, 11) is 2.63. The van der Waals surface area contributed by atoms with E-state index in [1.165, 1.54) is 14.2 Å². The number of methoxy groups -OCH3 is 2. The van der Waals surface area contributed by atoms with Gasteiger partial charge in [-0.2, -0.15) is 0 Å². The van der Waals surface area contributed by atoms with Crippen LogP contribution in [0.5, 0.6) is 0 Å². The molecule has 4 nitrogen and oxygen atoms in total. The van der Waals surface area contributed by atoms with Gasteiger partial charge >= 0.3 is 23.9 Å². The third-order valence-corrected chi connectivity index (χ3v) is 1.16. The van der Waals surface area contributed by atoms with E-state index in [-0.39, 0.29) is 62.2 Å². The van der Waals surface area contributed by atoms with Crippen molar-refractivity contribution in [3.8, 4) is 0 Å². The quantitative estimate of drug-likeness (QED) is 0.401. The van der Waals surface area contributed by atoms with Gasteiger partial charge in [0.25, 0.3) is 11.9 Å². The van der Waals surface area contributed by atoms with E-state index in [0.29, 0.717) is 0 Å². The van der Waals surface area contributed by atoms with Crippen molar-refractivity contribution in [1.29, 1.82) is 0 Å². The largest absolute Gasteiger partial charge is 2.00 e. The van der Waals surface area contributed by atoms with Gasteiger partial charge in [0, 0.05) is 0 Å². The average Bonchev–Trinajstić information content (AvgIpc) is 2.16. The van der Waals surface area contributed by atoms with Crippen molar-refractivity contribution < 1.29 is 19.1 Å². The molecule has 0 aromatic carbocycles. The number of hydrogen-bond donors (Lipinski definition) is 0. The van der Waals surface area contributed by atoms with Crippen LogP contribution in [0.2, 0.25) is 0 Å². The molecule has 0 spiro atoms. The molecule has 0 aliphatic rings. The first-order valence-corrected chi connectivity index (χ1v) is 4.07. The molecular formula is C8H18O4S2Sn. The predicted octanol–water partition coefficient (Wildman–Crippen LogP) is 0.304. The summed E-state index contributed by atoms with van der Waals surface area (Å²) in [4.78, 5) is 19.7. The first-order chi connectivity index (χ1) is 5.62. The minimum Gasteiger partial charge on any atom is -0.782 e. The summed E-state index contributed by atoms with van der Waals surface area (Å²) in [5.41, 5.74) is 0. The first kappa shape index (κ1) is 29.5. The van der Waals surface area contributed by atoms with Crippen LogP contribution in [0.25, 0.3) is 0 Å². The van der Waals surface area contributed by atoms with Gasteiger partial charge in [-0.25, -0.2) is 0 Å². The van der Waals surface area contributed by atoms with Crippen LogP contribution in [-0.4, -0.2) is 61.6 Å². The molecule has 0 saturated carbocycles. The number of ether oxygens (including phenoxy) is 2. The maximum absolute atomic E-state index is 9.85. The molecule has 0 aliphatic heterocycles. The van der Waals surface area contributed by atoms with Gasteiger partial charge in [0.15, 0.2) is 0 Å². The molecule has 0 unspecified atom stereocenters. The fourth-order valence-corrected chi connectivity index (χ4v) is 0.354. The van der Waals surface area contributed by atoms with Gasteiger partial charge < -0.3 is 34.7 Å². The summed E-state index contributed by atoms with van der Waals surface area (Å²) < 4.78 is 8.31. The molecule has 0 rings (SSSR count). The van der Waals surface area contributed by atoms with Gasteiger partial charge in [0.05, 0.1) is 14.2 Å². The molecule has 2 radical (unpaired) electrons.